The molecule has 11 heavy (non-hydrogen) atoms. The van der Waals surface area contributed by atoms with E-state index in [1.54, 1.807) is 0 Å². The molecule has 0 radical (unpaired) electrons. The van der Waals surface area contributed by atoms with Gasteiger partial charge in [-0.1, -0.05) is 29.1 Å². The Morgan fingerprint density at radius 3 is 2.73 bits per heavy atom. The largest absolute Gasteiger partial charge is 0.351 e. The molecule has 0 amide bonds. The fraction of sp³-hybridized carbons (Fsp3) is 0.111. The first-order valence-electron chi connectivity index (χ1n) is 3.27. The second-order valence-electron chi connectivity index (χ2n) is 2.43. The lowest BCUT2D eigenvalue weighted by atomic mass is 10.4. The number of hydrogen-bond acceptors (Lipinski definition) is 0. The highest BCUT2D eigenvalue weighted by Gasteiger charge is 1.87. The summed E-state index contributed by atoms with van der Waals surface area (Å²) in [6.45, 7) is 7.61. The summed E-state index contributed by atoms with van der Waals surface area (Å²) in [6.07, 6.45) is 3.92. The molecule has 1 nitrogen and oxygen atoms in total. The first-order chi connectivity index (χ1) is 5.11. The third-order valence-corrected chi connectivity index (χ3v) is 1.73. The Morgan fingerprint density at radius 1 is 1.73 bits per heavy atom. The van der Waals surface area contributed by atoms with Crippen LogP contribution in [0.5, 0.6) is 0 Å². The standard InChI is InChI=1S/C9H10BrN/c1-7-4-5-11(3)9(7)6-8(2)10/h4-6H,1-2H2,3H3/b9-6+. The molecule has 0 aliphatic rings. The highest BCUT2D eigenvalue weighted by atomic mass is 79.9. The number of hydrogen-bond donors (Lipinski definition) is 0. The molecule has 1 heterocycles. The average Bonchev–Trinajstić information content (AvgIpc) is 2.18. The van der Waals surface area contributed by atoms with Gasteiger partial charge in [-0.2, -0.15) is 0 Å². The van der Waals surface area contributed by atoms with Gasteiger partial charge >= 0.3 is 0 Å². The van der Waals surface area contributed by atoms with E-state index in [0.29, 0.717) is 0 Å². The minimum Gasteiger partial charge on any atom is -0.351 e. The van der Waals surface area contributed by atoms with Crippen LogP contribution in [0.15, 0.2) is 23.3 Å². The maximum Gasteiger partial charge on any atom is 0.0482 e. The van der Waals surface area contributed by atoms with E-state index >= 15 is 0 Å². The summed E-state index contributed by atoms with van der Waals surface area (Å²) in [5.41, 5.74) is 0. The fourth-order valence-corrected chi connectivity index (χ4v) is 1.15. The van der Waals surface area contributed by atoms with E-state index in [-0.39, 0.29) is 0 Å². The lowest BCUT2D eigenvalue weighted by Gasteiger charge is -1.89. The van der Waals surface area contributed by atoms with E-state index in [0.717, 1.165) is 15.1 Å². The molecule has 1 aromatic heterocycles. The van der Waals surface area contributed by atoms with Crippen LogP contribution in [0.1, 0.15) is 0 Å². The van der Waals surface area contributed by atoms with Crippen molar-refractivity contribution in [2.75, 3.05) is 0 Å². The lowest BCUT2D eigenvalue weighted by Crippen LogP contribution is -2.25. The van der Waals surface area contributed by atoms with Crippen LogP contribution < -0.4 is 10.6 Å². The zero-order chi connectivity index (χ0) is 8.43. The number of halogens is 1. The van der Waals surface area contributed by atoms with Crippen molar-refractivity contribution in [3.05, 3.63) is 33.9 Å². The van der Waals surface area contributed by atoms with Crippen LogP contribution in [-0.2, 0) is 7.05 Å². The van der Waals surface area contributed by atoms with Gasteiger partial charge in [0, 0.05) is 23.1 Å². The van der Waals surface area contributed by atoms with E-state index in [9.17, 15) is 0 Å². The van der Waals surface area contributed by atoms with Crippen molar-refractivity contribution in [1.82, 2.24) is 4.57 Å². The average molecular weight is 212 g/mol. The van der Waals surface area contributed by atoms with Crippen molar-refractivity contribution in [3.63, 3.8) is 0 Å². The number of aryl methyl sites for hydroxylation is 1. The molecule has 0 N–H and O–H groups in total. The maximum absolute atomic E-state index is 3.88. The zero-order valence-electron chi connectivity index (χ0n) is 6.47. The number of nitrogens with zero attached hydrogens (tertiary/aromatic N) is 1. The quantitative estimate of drug-likeness (QED) is 0.657. The van der Waals surface area contributed by atoms with Crippen LogP contribution in [0.3, 0.4) is 0 Å². The zero-order valence-corrected chi connectivity index (χ0v) is 8.06. The van der Waals surface area contributed by atoms with E-state index in [2.05, 4.69) is 29.1 Å². The molecule has 1 rings (SSSR count). The van der Waals surface area contributed by atoms with Gasteiger partial charge in [0.05, 0.1) is 0 Å². The SMILES string of the molecule is C=C(Br)/C=c1\c(=C)ccn1C. The summed E-state index contributed by atoms with van der Waals surface area (Å²) in [4.78, 5) is 0. The first kappa shape index (κ1) is 8.34. The van der Waals surface area contributed by atoms with Crippen LogP contribution in [0.4, 0.5) is 0 Å². The van der Waals surface area contributed by atoms with Gasteiger partial charge in [-0.25, -0.2) is 0 Å². The number of allylic oxidation sites excluding steroid dienone is 1. The third kappa shape index (κ3) is 1.84. The van der Waals surface area contributed by atoms with Gasteiger partial charge < -0.3 is 4.57 Å². The van der Waals surface area contributed by atoms with E-state index < -0.39 is 0 Å². The Morgan fingerprint density at radius 2 is 2.36 bits per heavy atom. The normalized spacial score (nSPS) is 12.0. The molecule has 0 spiro atoms. The molecule has 58 valence electrons. The van der Waals surface area contributed by atoms with E-state index in [4.69, 9.17) is 0 Å². The van der Waals surface area contributed by atoms with E-state index in [1.807, 2.05) is 30.0 Å². The third-order valence-electron chi connectivity index (χ3n) is 1.50. The van der Waals surface area contributed by atoms with Gasteiger partial charge in [0.2, 0.25) is 0 Å². The van der Waals surface area contributed by atoms with Crippen LogP contribution >= 0.6 is 15.9 Å². The monoisotopic (exact) mass is 211 g/mol. The number of aromatic nitrogens is 1. The molecule has 0 bridgehead atoms. The highest BCUT2D eigenvalue weighted by molar-refractivity contribution is 9.12. The maximum atomic E-state index is 3.88. The summed E-state index contributed by atoms with van der Waals surface area (Å²) in [6, 6.07) is 1.97. The summed E-state index contributed by atoms with van der Waals surface area (Å²) >= 11 is 3.27. The minimum absolute atomic E-state index is 0.865. The molecule has 0 fully saturated rings. The molecular weight excluding hydrogens is 202 g/mol. The molecular formula is C9H10BrN. The summed E-state index contributed by atoms with van der Waals surface area (Å²) in [5, 5.41) is 2.11. The smallest absolute Gasteiger partial charge is 0.0482 e. The van der Waals surface area contributed by atoms with Gasteiger partial charge in [0.1, 0.15) is 0 Å². The Bertz CT molecular complexity index is 373. The molecule has 0 unspecified atom stereocenters. The van der Waals surface area contributed by atoms with Crippen molar-refractivity contribution >= 4 is 28.6 Å². The van der Waals surface area contributed by atoms with Crippen molar-refractivity contribution in [2.24, 2.45) is 7.05 Å². The Labute approximate surface area is 74.5 Å². The predicted octanol–water partition coefficient (Wildman–Crippen LogP) is 1.12. The van der Waals surface area contributed by atoms with Gasteiger partial charge in [-0.05, 0) is 17.4 Å². The molecule has 0 aliphatic heterocycles. The molecule has 0 aliphatic carbocycles. The molecule has 0 aromatic carbocycles. The first-order valence-corrected chi connectivity index (χ1v) is 4.07. The minimum atomic E-state index is 0.865. The second kappa shape index (κ2) is 3.09. The fourth-order valence-electron chi connectivity index (χ4n) is 0.937. The Hall–Kier alpha value is -0.760. The van der Waals surface area contributed by atoms with Crippen LogP contribution in [0.25, 0.3) is 12.7 Å². The van der Waals surface area contributed by atoms with Crippen molar-refractivity contribution in [3.8, 4) is 0 Å². The van der Waals surface area contributed by atoms with Crippen LogP contribution in [0, 0.1) is 0 Å². The lowest BCUT2D eigenvalue weighted by molar-refractivity contribution is 0.889. The van der Waals surface area contributed by atoms with Crippen molar-refractivity contribution in [1.29, 1.82) is 0 Å². The summed E-state index contributed by atoms with van der Waals surface area (Å²) < 4.78 is 2.87. The predicted molar refractivity (Wildman–Crippen MR) is 52.7 cm³/mol. The second-order valence-corrected chi connectivity index (χ2v) is 3.45. The van der Waals surface area contributed by atoms with Gasteiger partial charge in [-0.15, -0.1) is 0 Å². The van der Waals surface area contributed by atoms with Gasteiger partial charge in [0.15, 0.2) is 0 Å². The highest BCUT2D eigenvalue weighted by Crippen LogP contribution is 1.99. The van der Waals surface area contributed by atoms with Crippen LogP contribution in [0.2, 0.25) is 0 Å². The summed E-state index contributed by atoms with van der Waals surface area (Å²) in [7, 11) is 1.98. The Balaban J connectivity index is 3.43. The van der Waals surface area contributed by atoms with Gasteiger partial charge in [0.25, 0.3) is 0 Å². The molecule has 0 saturated heterocycles. The molecule has 2 heteroatoms. The van der Waals surface area contributed by atoms with Crippen LogP contribution in [-0.4, -0.2) is 4.57 Å². The Kier molecular flexibility index (Phi) is 2.35. The van der Waals surface area contributed by atoms with E-state index in [1.165, 1.54) is 0 Å². The van der Waals surface area contributed by atoms with Crippen molar-refractivity contribution in [2.45, 2.75) is 0 Å². The van der Waals surface area contributed by atoms with Crippen molar-refractivity contribution < 1.29 is 0 Å². The topological polar surface area (TPSA) is 4.93 Å². The van der Waals surface area contributed by atoms with Gasteiger partial charge in [-0.3, -0.25) is 0 Å². The number of rotatable bonds is 1. The molecule has 0 saturated carbocycles. The molecule has 1 aromatic rings. The summed E-state index contributed by atoms with van der Waals surface area (Å²) in [5.74, 6) is 0. The molecule has 0 atom stereocenters.